The van der Waals surface area contributed by atoms with Gasteiger partial charge in [-0.3, -0.25) is 0 Å². The largest absolute Gasteiger partial charge is 0.274 e. The van der Waals surface area contributed by atoms with Gasteiger partial charge in [0.15, 0.2) is 0 Å². The van der Waals surface area contributed by atoms with Gasteiger partial charge in [0, 0.05) is 11.5 Å². The van der Waals surface area contributed by atoms with Crippen molar-refractivity contribution in [1.82, 2.24) is 4.72 Å². The molecule has 0 radical (unpaired) electrons. The molecule has 0 aromatic heterocycles. The molecule has 3 atom stereocenters. The molecule has 1 fully saturated rings. The van der Waals surface area contributed by atoms with Crippen LogP contribution in [0.4, 0.5) is 0 Å². The lowest BCUT2D eigenvalue weighted by Gasteiger charge is -2.37. The molecule has 2 aliphatic rings. The molecule has 1 saturated carbocycles. The first kappa shape index (κ1) is 23.9. The summed E-state index contributed by atoms with van der Waals surface area (Å²) in [5.41, 5.74) is 5.98. The van der Waals surface area contributed by atoms with Gasteiger partial charge in [0.05, 0.1) is 0 Å². The average Bonchev–Trinajstić information content (AvgIpc) is 3.31. The lowest BCUT2D eigenvalue weighted by molar-refractivity contribution is 0.361. The van der Waals surface area contributed by atoms with Crippen molar-refractivity contribution in [3.05, 3.63) is 83.9 Å². The van der Waals surface area contributed by atoms with Crippen molar-refractivity contribution >= 4 is 21.4 Å². The molecule has 4 rings (SSSR count). The zero-order valence-corrected chi connectivity index (χ0v) is 20.4. The van der Waals surface area contributed by atoms with Gasteiger partial charge < -0.3 is 0 Å². The number of allylic oxidation sites excluding steroid dienone is 3. The summed E-state index contributed by atoms with van der Waals surface area (Å²) in [6, 6.07) is 20.8. The molecular formula is C28H36N2O2S. The van der Waals surface area contributed by atoms with Crippen LogP contribution in [-0.4, -0.2) is 14.5 Å². The maximum absolute atomic E-state index is 12.0. The molecule has 2 aliphatic carbocycles. The average molecular weight is 465 g/mol. The summed E-state index contributed by atoms with van der Waals surface area (Å²) in [5.74, 6) is 0.111. The van der Waals surface area contributed by atoms with Crippen molar-refractivity contribution in [3.8, 4) is 0 Å². The maximum Gasteiger partial charge on any atom is 0.274 e. The first-order chi connectivity index (χ1) is 15.9. The Bertz CT molecular complexity index is 1110. The van der Waals surface area contributed by atoms with E-state index in [0.717, 1.165) is 43.2 Å². The first-order valence-corrected chi connectivity index (χ1v) is 13.7. The van der Waals surface area contributed by atoms with E-state index in [4.69, 9.17) is 5.14 Å². The summed E-state index contributed by atoms with van der Waals surface area (Å²) < 4.78 is 26.8. The molecule has 1 unspecified atom stereocenters. The van der Waals surface area contributed by atoms with Crippen molar-refractivity contribution in [2.45, 2.75) is 64.3 Å². The van der Waals surface area contributed by atoms with Crippen LogP contribution in [0.3, 0.4) is 0 Å². The van der Waals surface area contributed by atoms with Crippen molar-refractivity contribution < 1.29 is 8.42 Å². The van der Waals surface area contributed by atoms with Crippen LogP contribution in [0.15, 0.2) is 72.8 Å². The van der Waals surface area contributed by atoms with Gasteiger partial charge in [-0.05, 0) is 60.3 Å². The smallest absolute Gasteiger partial charge is 0.216 e. The monoisotopic (exact) mass is 464 g/mol. The van der Waals surface area contributed by atoms with Crippen molar-refractivity contribution in [2.75, 3.05) is 0 Å². The second-order valence-corrected chi connectivity index (χ2v) is 10.9. The van der Waals surface area contributed by atoms with Crippen molar-refractivity contribution in [1.29, 1.82) is 0 Å². The van der Waals surface area contributed by atoms with Crippen molar-refractivity contribution in [3.63, 3.8) is 0 Å². The summed E-state index contributed by atoms with van der Waals surface area (Å²) in [6.07, 6.45) is 8.39. The number of hydrogen-bond acceptors (Lipinski definition) is 2. The highest BCUT2D eigenvalue weighted by atomic mass is 32.2. The molecule has 2 aromatic carbocycles. The number of fused-ring (bicyclic) bond motifs is 1. The van der Waals surface area contributed by atoms with Gasteiger partial charge in [-0.15, -0.1) is 0 Å². The van der Waals surface area contributed by atoms with Gasteiger partial charge in [0.1, 0.15) is 0 Å². The Labute approximate surface area is 199 Å². The van der Waals surface area contributed by atoms with E-state index in [-0.39, 0.29) is 17.4 Å². The number of nitrogens with one attached hydrogen (secondary N) is 1. The molecule has 33 heavy (non-hydrogen) atoms. The minimum Gasteiger partial charge on any atom is -0.216 e. The van der Waals surface area contributed by atoms with Gasteiger partial charge in [0.2, 0.25) is 0 Å². The SMILES string of the molecule is C=C(c1ccccc1)[C@@]12CC[C@@H](NS(N)(=O)=O)C1CC(CCCCCC)=C2c1ccccc1. The Morgan fingerprint density at radius 2 is 1.73 bits per heavy atom. The zero-order chi connectivity index (χ0) is 23.5. The standard InChI is InChI=1S/C28H36N2O2S/c1-3-4-5-8-17-24-20-25-26(30-33(29,31)32)18-19-28(25,21(2)22-13-9-6-10-14-22)27(24)23-15-11-7-12-16-23/h6-7,9-16,25-26,30H,2-5,8,17-20H2,1H3,(H2,29,31,32)/t25?,26-,28+/m1/s1. The summed E-state index contributed by atoms with van der Waals surface area (Å²) in [4.78, 5) is 0. The number of hydrogen-bond donors (Lipinski definition) is 2. The Kier molecular flexibility index (Phi) is 7.22. The van der Waals surface area contributed by atoms with E-state index in [0.29, 0.717) is 0 Å². The lowest BCUT2D eigenvalue weighted by atomic mass is 9.66. The Balaban J connectivity index is 1.83. The normalized spacial score (nSPS) is 24.8. The highest BCUT2D eigenvalue weighted by Gasteiger charge is 2.57. The molecule has 0 aliphatic heterocycles. The molecule has 0 spiro atoms. The zero-order valence-electron chi connectivity index (χ0n) is 19.6. The molecule has 0 bridgehead atoms. The molecule has 5 heteroatoms. The first-order valence-electron chi connectivity index (χ1n) is 12.2. The quantitative estimate of drug-likeness (QED) is 0.418. The van der Waals surface area contributed by atoms with E-state index in [9.17, 15) is 8.42 Å². The fourth-order valence-electron chi connectivity index (χ4n) is 6.26. The van der Waals surface area contributed by atoms with Crippen LogP contribution in [-0.2, 0) is 10.2 Å². The number of nitrogens with two attached hydrogens (primary N) is 1. The third-order valence-corrected chi connectivity index (χ3v) is 8.24. The predicted octanol–water partition coefficient (Wildman–Crippen LogP) is 6.09. The maximum atomic E-state index is 12.0. The second kappa shape index (κ2) is 9.96. The number of unbranched alkanes of at least 4 members (excludes halogenated alkanes) is 3. The highest BCUT2D eigenvalue weighted by Crippen LogP contribution is 2.66. The molecule has 2 aromatic rings. The van der Waals surface area contributed by atoms with Gasteiger partial charge in [-0.2, -0.15) is 13.1 Å². The third kappa shape index (κ3) is 4.86. The van der Waals surface area contributed by atoms with E-state index in [1.807, 2.05) is 18.2 Å². The van der Waals surface area contributed by atoms with Crippen LogP contribution in [0.2, 0.25) is 0 Å². The fourth-order valence-corrected chi connectivity index (χ4v) is 6.96. The van der Waals surface area contributed by atoms with E-state index < -0.39 is 10.2 Å². The predicted molar refractivity (Wildman–Crippen MR) is 137 cm³/mol. The van der Waals surface area contributed by atoms with Crippen LogP contribution in [0.25, 0.3) is 11.1 Å². The molecule has 3 N–H and O–H groups in total. The summed E-state index contributed by atoms with van der Waals surface area (Å²) in [7, 11) is -3.79. The Hall–Kier alpha value is -2.21. The van der Waals surface area contributed by atoms with Crippen molar-refractivity contribution in [2.24, 2.45) is 16.5 Å². The minimum atomic E-state index is -3.79. The van der Waals surface area contributed by atoms with Gasteiger partial charge in [-0.1, -0.05) is 99.0 Å². The highest BCUT2D eigenvalue weighted by molar-refractivity contribution is 7.87. The van der Waals surface area contributed by atoms with E-state index in [1.54, 1.807) is 0 Å². The van der Waals surface area contributed by atoms with Gasteiger partial charge >= 0.3 is 0 Å². The minimum absolute atomic E-state index is 0.111. The topological polar surface area (TPSA) is 72.2 Å². The number of rotatable bonds is 10. The molecular weight excluding hydrogens is 428 g/mol. The summed E-state index contributed by atoms with van der Waals surface area (Å²) >= 11 is 0. The van der Waals surface area contributed by atoms with Crippen LogP contribution in [0.1, 0.15) is 69.4 Å². The molecule has 0 amide bonds. The third-order valence-electron chi connectivity index (χ3n) is 7.61. The van der Waals surface area contributed by atoms with E-state index >= 15 is 0 Å². The molecule has 176 valence electrons. The molecule has 4 nitrogen and oxygen atoms in total. The fraction of sp³-hybridized carbons (Fsp3) is 0.429. The molecule has 0 saturated heterocycles. The van der Waals surface area contributed by atoms with E-state index in [1.165, 1.54) is 36.0 Å². The number of benzene rings is 2. The lowest BCUT2D eigenvalue weighted by Crippen LogP contribution is -2.43. The summed E-state index contributed by atoms with van der Waals surface area (Å²) in [5, 5.41) is 5.45. The van der Waals surface area contributed by atoms with Crippen LogP contribution >= 0.6 is 0 Å². The Morgan fingerprint density at radius 3 is 2.36 bits per heavy atom. The van der Waals surface area contributed by atoms with Crippen LogP contribution in [0.5, 0.6) is 0 Å². The van der Waals surface area contributed by atoms with Crippen LogP contribution < -0.4 is 9.86 Å². The van der Waals surface area contributed by atoms with E-state index in [2.05, 4.69) is 60.7 Å². The Morgan fingerprint density at radius 1 is 1.06 bits per heavy atom. The molecule has 0 heterocycles. The summed E-state index contributed by atoms with van der Waals surface area (Å²) in [6.45, 7) is 6.88. The van der Waals surface area contributed by atoms with Gasteiger partial charge in [0.25, 0.3) is 10.2 Å². The second-order valence-electron chi connectivity index (χ2n) is 9.59. The van der Waals surface area contributed by atoms with Crippen LogP contribution in [0, 0.1) is 11.3 Å². The van der Waals surface area contributed by atoms with Gasteiger partial charge in [-0.25, -0.2) is 5.14 Å².